The van der Waals surface area contributed by atoms with E-state index < -0.39 is 0 Å². The molecule has 2 aromatic rings. The van der Waals surface area contributed by atoms with Crippen molar-refractivity contribution in [3.63, 3.8) is 0 Å². The first kappa shape index (κ1) is 19.1. The summed E-state index contributed by atoms with van der Waals surface area (Å²) in [7, 11) is 0. The van der Waals surface area contributed by atoms with E-state index in [-0.39, 0.29) is 5.91 Å². The molecule has 1 fully saturated rings. The summed E-state index contributed by atoms with van der Waals surface area (Å²) < 4.78 is 5.64. The summed E-state index contributed by atoms with van der Waals surface area (Å²) in [5, 5.41) is 3.07. The van der Waals surface area contributed by atoms with Gasteiger partial charge in [-0.2, -0.15) is 0 Å². The first-order chi connectivity index (χ1) is 13.3. The molecule has 0 unspecified atom stereocenters. The number of unbranched alkanes of at least 4 members (excludes halogenated alkanes) is 1. The smallest absolute Gasteiger partial charge is 0.251 e. The third-order valence-electron chi connectivity index (χ3n) is 4.88. The number of rotatable bonds is 8. The Morgan fingerprint density at radius 3 is 2.56 bits per heavy atom. The van der Waals surface area contributed by atoms with Gasteiger partial charge in [-0.15, -0.1) is 0 Å². The van der Waals surface area contributed by atoms with Crippen molar-refractivity contribution in [1.82, 2.24) is 15.3 Å². The maximum absolute atomic E-state index is 12.4. The second kappa shape index (κ2) is 9.90. The Hall–Kier alpha value is -2.63. The average Bonchev–Trinajstić information content (AvgIpc) is 2.74. The summed E-state index contributed by atoms with van der Waals surface area (Å²) in [5.41, 5.74) is 0.674. The molecule has 1 saturated heterocycles. The molecule has 1 N–H and O–H groups in total. The molecule has 0 bridgehead atoms. The zero-order valence-corrected chi connectivity index (χ0v) is 15.9. The lowest BCUT2D eigenvalue weighted by Gasteiger charge is -2.31. The van der Waals surface area contributed by atoms with Gasteiger partial charge in [-0.3, -0.25) is 4.79 Å². The van der Waals surface area contributed by atoms with E-state index in [9.17, 15) is 4.79 Å². The van der Waals surface area contributed by atoms with Gasteiger partial charge in [-0.25, -0.2) is 9.97 Å². The molecule has 0 aliphatic carbocycles. The van der Waals surface area contributed by atoms with Crippen LogP contribution in [0.25, 0.3) is 0 Å². The Morgan fingerprint density at radius 1 is 1.19 bits per heavy atom. The summed E-state index contributed by atoms with van der Waals surface area (Å²) >= 11 is 0. The molecule has 0 saturated carbocycles. The fraction of sp³-hybridized carbons (Fsp3) is 0.476. The van der Waals surface area contributed by atoms with E-state index in [0.717, 1.165) is 57.1 Å². The predicted octanol–water partition coefficient (Wildman–Crippen LogP) is 3.30. The fourth-order valence-electron chi connectivity index (χ4n) is 3.17. The molecule has 1 aromatic heterocycles. The van der Waals surface area contributed by atoms with E-state index in [1.54, 1.807) is 12.4 Å². The summed E-state index contributed by atoms with van der Waals surface area (Å²) in [6.07, 6.45) is 7.75. The van der Waals surface area contributed by atoms with Gasteiger partial charge in [-0.05, 0) is 55.5 Å². The van der Waals surface area contributed by atoms with E-state index >= 15 is 0 Å². The molecule has 1 aromatic carbocycles. The second-order valence-electron chi connectivity index (χ2n) is 6.92. The number of ether oxygens (including phenoxy) is 1. The maximum Gasteiger partial charge on any atom is 0.251 e. The number of benzene rings is 1. The van der Waals surface area contributed by atoms with Crippen molar-refractivity contribution < 1.29 is 9.53 Å². The minimum Gasteiger partial charge on any atom is -0.494 e. The largest absolute Gasteiger partial charge is 0.494 e. The van der Waals surface area contributed by atoms with Gasteiger partial charge in [-0.1, -0.05) is 13.3 Å². The summed E-state index contributed by atoms with van der Waals surface area (Å²) in [6.45, 7) is 5.41. The van der Waals surface area contributed by atoms with Gasteiger partial charge in [0.2, 0.25) is 5.95 Å². The number of carbonyl (C=O) groups is 1. The van der Waals surface area contributed by atoms with Crippen LogP contribution in [0.1, 0.15) is 43.0 Å². The van der Waals surface area contributed by atoms with Crippen molar-refractivity contribution in [2.75, 3.05) is 31.1 Å². The highest BCUT2D eigenvalue weighted by atomic mass is 16.5. The van der Waals surface area contributed by atoms with E-state index in [4.69, 9.17) is 4.74 Å². The molecule has 0 spiro atoms. The van der Waals surface area contributed by atoms with Crippen LogP contribution in [0.15, 0.2) is 42.7 Å². The quantitative estimate of drug-likeness (QED) is 0.724. The fourth-order valence-corrected chi connectivity index (χ4v) is 3.17. The normalized spacial score (nSPS) is 14.8. The van der Waals surface area contributed by atoms with Crippen LogP contribution in [-0.2, 0) is 0 Å². The van der Waals surface area contributed by atoms with Crippen molar-refractivity contribution in [3.8, 4) is 5.75 Å². The minimum absolute atomic E-state index is 0.0241. The van der Waals surface area contributed by atoms with Crippen molar-refractivity contribution in [1.29, 1.82) is 0 Å². The van der Waals surface area contributed by atoms with Gasteiger partial charge in [0.25, 0.3) is 5.91 Å². The van der Waals surface area contributed by atoms with Crippen LogP contribution in [0.4, 0.5) is 5.95 Å². The Balaban J connectivity index is 1.40. The zero-order chi connectivity index (χ0) is 18.9. The molecule has 144 valence electrons. The van der Waals surface area contributed by atoms with E-state index in [1.165, 1.54) is 0 Å². The van der Waals surface area contributed by atoms with Crippen LogP contribution in [0.5, 0.6) is 5.75 Å². The van der Waals surface area contributed by atoms with E-state index in [2.05, 4.69) is 27.1 Å². The van der Waals surface area contributed by atoms with Crippen LogP contribution in [0.3, 0.4) is 0 Å². The zero-order valence-electron chi connectivity index (χ0n) is 15.9. The number of nitrogens with one attached hydrogen (secondary N) is 1. The highest BCUT2D eigenvalue weighted by Gasteiger charge is 2.21. The van der Waals surface area contributed by atoms with Crippen LogP contribution in [-0.4, -0.2) is 42.1 Å². The third kappa shape index (κ3) is 5.67. The molecule has 2 heterocycles. The summed E-state index contributed by atoms with van der Waals surface area (Å²) in [4.78, 5) is 23.2. The SMILES string of the molecule is CCCCOc1ccc(C(=O)NCC2CCN(c3ncccn3)CC2)cc1. The monoisotopic (exact) mass is 368 g/mol. The second-order valence-corrected chi connectivity index (χ2v) is 6.92. The Kier molecular flexibility index (Phi) is 7.02. The van der Waals surface area contributed by atoms with Crippen molar-refractivity contribution in [2.24, 2.45) is 5.92 Å². The minimum atomic E-state index is -0.0241. The number of carbonyl (C=O) groups excluding carboxylic acids is 1. The Morgan fingerprint density at radius 2 is 1.89 bits per heavy atom. The molecule has 6 heteroatoms. The molecule has 0 radical (unpaired) electrons. The van der Waals surface area contributed by atoms with Gasteiger partial charge in [0, 0.05) is 37.6 Å². The Labute approximate surface area is 161 Å². The molecule has 0 atom stereocenters. The van der Waals surface area contributed by atoms with Crippen molar-refractivity contribution >= 4 is 11.9 Å². The maximum atomic E-state index is 12.4. The lowest BCUT2D eigenvalue weighted by atomic mass is 9.97. The van der Waals surface area contributed by atoms with Crippen LogP contribution in [0.2, 0.25) is 0 Å². The molecule has 3 rings (SSSR count). The molecule has 1 aliphatic rings. The number of piperidine rings is 1. The third-order valence-corrected chi connectivity index (χ3v) is 4.88. The number of amides is 1. The van der Waals surface area contributed by atoms with Crippen LogP contribution < -0.4 is 15.0 Å². The highest BCUT2D eigenvalue weighted by molar-refractivity contribution is 5.94. The number of nitrogens with zero attached hydrogens (tertiary/aromatic N) is 3. The van der Waals surface area contributed by atoms with Crippen LogP contribution >= 0.6 is 0 Å². The number of hydrogen-bond acceptors (Lipinski definition) is 5. The van der Waals surface area contributed by atoms with Gasteiger partial charge in [0.15, 0.2) is 0 Å². The lowest BCUT2D eigenvalue weighted by molar-refractivity contribution is 0.0945. The van der Waals surface area contributed by atoms with E-state index in [1.807, 2.05) is 30.3 Å². The first-order valence-electron chi connectivity index (χ1n) is 9.79. The summed E-state index contributed by atoms with van der Waals surface area (Å²) in [6, 6.07) is 9.21. The van der Waals surface area contributed by atoms with E-state index in [0.29, 0.717) is 18.0 Å². The Bertz CT molecular complexity index is 698. The summed E-state index contributed by atoms with van der Waals surface area (Å²) in [5.74, 6) is 2.08. The first-order valence-corrected chi connectivity index (χ1v) is 9.79. The molecular weight excluding hydrogens is 340 g/mol. The van der Waals surface area contributed by atoms with Gasteiger partial charge >= 0.3 is 0 Å². The molecule has 1 amide bonds. The number of anilines is 1. The molecule has 6 nitrogen and oxygen atoms in total. The molecule has 27 heavy (non-hydrogen) atoms. The topological polar surface area (TPSA) is 67.3 Å². The lowest BCUT2D eigenvalue weighted by Crippen LogP contribution is -2.39. The average molecular weight is 368 g/mol. The van der Waals surface area contributed by atoms with Crippen molar-refractivity contribution in [3.05, 3.63) is 48.3 Å². The highest BCUT2D eigenvalue weighted by Crippen LogP contribution is 2.20. The van der Waals surface area contributed by atoms with Crippen molar-refractivity contribution in [2.45, 2.75) is 32.6 Å². The standard InChI is InChI=1S/C21H28N4O2/c1-2-3-15-27-19-7-5-18(6-8-19)20(26)24-16-17-9-13-25(14-10-17)21-22-11-4-12-23-21/h4-8,11-12,17H,2-3,9-10,13-16H2,1H3,(H,24,26). The molecular formula is C21H28N4O2. The van der Waals surface area contributed by atoms with Gasteiger partial charge in [0.1, 0.15) is 5.75 Å². The number of aromatic nitrogens is 2. The van der Waals surface area contributed by atoms with Crippen LogP contribution in [0, 0.1) is 5.92 Å². The number of hydrogen-bond donors (Lipinski definition) is 1. The predicted molar refractivity (Wildman–Crippen MR) is 106 cm³/mol. The van der Waals surface area contributed by atoms with Gasteiger partial charge in [0.05, 0.1) is 6.61 Å². The van der Waals surface area contributed by atoms with Gasteiger partial charge < -0.3 is 15.0 Å². The molecule has 1 aliphatic heterocycles.